The molecule has 29 heavy (non-hydrogen) atoms. The summed E-state index contributed by atoms with van der Waals surface area (Å²) in [5, 5.41) is 0. The Hall–Kier alpha value is -2.22. The molecule has 1 saturated heterocycles. The summed E-state index contributed by atoms with van der Waals surface area (Å²) >= 11 is 0. The quantitative estimate of drug-likeness (QED) is 0.697. The zero-order valence-electron chi connectivity index (χ0n) is 17.1. The monoisotopic (exact) mass is 415 g/mol. The van der Waals surface area contributed by atoms with Crippen molar-refractivity contribution < 1.29 is 13.2 Å². The maximum absolute atomic E-state index is 13.3. The van der Waals surface area contributed by atoms with Gasteiger partial charge in [0.1, 0.15) is 6.04 Å². The first-order chi connectivity index (χ1) is 14.0. The number of carbonyl (C=O) groups excluding carboxylic acids is 1. The third-order valence-corrected chi connectivity index (χ3v) is 7.36. The molecule has 1 aliphatic heterocycles. The highest BCUT2D eigenvalue weighted by molar-refractivity contribution is 7.89. The van der Waals surface area contributed by atoms with Gasteiger partial charge in [-0.25, -0.2) is 8.42 Å². The molecule has 1 amide bonds. The summed E-state index contributed by atoms with van der Waals surface area (Å²) in [7, 11) is -3.51. The first kappa shape index (κ1) is 21.5. The van der Waals surface area contributed by atoms with Gasteiger partial charge in [0.05, 0.1) is 4.90 Å². The zero-order chi connectivity index (χ0) is 20.9. The van der Waals surface area contributed by atoms with Crippen molar-refractivity contribution >= 4 is 15.9 Å². The molecule has 1 heterocycles. The first-order valence-electron chi connectivity index (χ1n) is 10.1. The van der Waals surface area contributed by atoms with Crippen molar-refractivity contribution in [1.82, 2.24) is 14.1 Å². The van der Waals surface area contributed by atoms with Gasteiger partial charge < -0.3 is 4.90 Å². The maximum atomic E-state index is 13.3. The zero-order valence-corrected chi connectivity index (χ0v) is 17.9. The molecule has 156 valence electrons. The Morgan fingerprint density at radius 1 is 0.897 bits per heavy atom. The van der Waals surface area contributed by atoms with Gasteiger partial charge in [-0.15, -0.1) is 0 Å². The van der Waals surface area contributed by atoms with Crippen LogP contribution in [0, 0.1) is 0 Å². The molecular weight excluding hydrogens is 386 g/mol. The fraction of sp³-hybridized carbons (Fsp3) is 0.409. The normalized spacial score (nSPS) is 17.0. The van der Waals surface area contributed by atoms with E-state index in [1.807, 2.05) is 49.1 Å². The van der Waals surface area contributed by atoms with Crippen molar-refractivity contribution in [1.29, 1.82) is 0 Å². The van der Waals surface area contributed by atoms with Gasteiger partial charge in [-0.1, -0.05) is 48.5 Å². The predicted octanol–water partition coefficient (Wildman–Crippen LogP) is 2.60. The van der Waals surface area contributed by atoms with E-state index < -0.39 is 16.1 Å². The van der Waals surface area contributed by atoms with Crippen LogP contribution in [0.1, 0.15) is 25.5 Å². The van der Waals surface area contributed by atoms with Crippen LogP contribution in [0.2, 0.25) is 0 Å². The number of likely N-dealkylation sites (N-methyl/N-ethyl adjacent to an activating group) is 1. The molecule has 0 aliphatic carbocycles. The minimum atomic E-state index is -3.51. The topological polar surface area (TPSA) is 60.9 Å². The van der Waals surface area contributed by atoms with Crippen LogP contribution in [-0.4, -0.2) is 67.7 Å². The third-order valence-electron chi connectivity index (χ3n) is 5.44. The number of nitrogens with zero attached hydrogens (tertiary/aromatic N) is 3. The molecule has 1 aliphatic rings. The number of sulfonamides is 1. The van der Waals surface area contributed by atoms with E-state index in [4.69, 9.17) is 0 Å². The highest BCUT2D eigenvalue weighted by Gasteiger charge is 2.35. The summed E-state index contributed by atoms with van der Waals surface area (Å²) < 4.78 is 27.3. The largest absolute Gasteiger partial charge is 0.342 e. The Bertz CT molecular complexity index is 891. The predicted molar refractivity (Wildman–Crippen MR) is 114 cm³/mol. The summed E-state index contributed by atoms with van der Waals surface area (Å²) in [6.45, 7) is 7.03. The first-order valence-corrected chi connectivity index (χ1v) is 11.6. The molecular formula is C22H29N3O3S. The van der Waals surface area contributed by atoms with Gasteiger partial charge in [0.2, 0.25) is 15.9 Å². The van der Waals surface area contributed by atoms with Gasteiger partial charge in [0, 0.05) is 39.3 Å². The molecule has 1 atom stereocenters. The van der Waals surface area contributed by atoms with Gasteiger partial charge in [-0.3, -0.25) is 9.69 Å². The van der Waals surface area contributed by atoms with Crippen molar-refractivity contribution in [2.24, 2.45) is 0 Å². The molecule has 0 bridgehead atoms. The Morgan fingerprint density at radius 2 is 1.41 bits per heavy atom. The number of hydrogen-bond donors (Lipinski definition) is 0. The SMILES string of the molecule is CCN(CC)C(=O)[C@@H](c1ccccc1)N1CCN(S(=O)(=O)c2ccccc2)CC1. The second-order valence-electron chi connectivity index (χ2n) is 7.08. The molecule has 2 aromatic rings. The van der Waals surface area contributed by atoms with E-state index in [0.717, 1.165) is 5.56 Å². The van der Waals surface area contributed by atoms with E-state index in [0.29, 0.717) is 44.2 Å². The molecule has 3 rings (SSSR count). The minimum Gasteiger partial charge on any atom is -0.342 e. The van der Waals surface area contributed by atoms with Crippen molar-refractivity contribution in [3.05, 3.63) is 66.2 Å². The van der Waals surface area contributed by atoms with Gasteiger partial charge in [-0.05, 0) is 31.5 Å². The Kier molecular flexibility index (Phi) is 7.05. The van der Waals surface area contributed by atoms with Gasteiger partial charge in [0.15, 0.2) is 0 Å². The highest BCUT2D eigenvalue weighted by Crippen LogP contribution is 2.26. The van der Waals surface area contributed by atoms with E-state index in [1.165, 1.54) is 4.31 Å². The number of amides is 1. The molecule has 7 heteroatoms. The van der Waals surface area contributed by atoms with Crippen molar-refractivity contribution in [3.63, 3.8) is 0 Å². The molecule has 1 fully saturated rings. The summed E-state index contributed by atoms with van der Waals surface area (Å²) in [6, 6.07) is 17.9. The lowest BCUT2D eigenvalue weighted by Gasteiger charge is -2.39. The standard InChI is InChI=1S/C22H29N3O3S/c1-3-23(4-2)22(26)21(19-11-7-5-8-12-19)24-15-17-25(18-16-24)29(27,28)20-13-9-6-10-14-20/h5-14,21H,3-4,15-18H2,1-2H3/t21-/m1/s1. The smallest absolute Gasteiger partial charge is 0.244 e. The van der Waals surface area contributed by atoms with Gasteiger partial charge >= 0.3 is 0 Å². The molecule has 2 aromatic carbocycles. The number of hydrogen-bond acceptors (Lipinski definition) is 4. The van der Waals surface area contributed by atoms with Crippen molar-refractivity contribution in [2.45, 2.75) is 24.8 Å². The number of rotatable bonds is 7. The van der Waals surface area contributed by atoms with Crippen LogP contribution in [0.5, 0.6) is 0 Å². The highest BCUT2D eigenvalue weighted by atomic mass is 32.2. The summed E-state index contributed by atoms with van der Waals surface area (Å²) in [4.78, 5) is 17.5. The lowest BCUT2D eigenvalue weighted by molar-refractivity contribution is -0.137. The summed E-state index contributed by atoms with van der Waals surface area (Å²) in [5.41, 5.74) is 0.948. The van der Waals surface area contributed by atoms with Crippen LogP contribution < -0.4 is 0 Å². The van der Waals surface area contributed by atoms with E-state index in [-0.39, 0.29) is 5.91 Å². The van der Waals surface area contributed by atoms with Gasteiger partial charge in [0.25, 0.3) is 0 Å². The van der Waals surface area contributed by atoms with E-state index in [9.17, 15) is 13.2 Å². The van der Waals surface area contributed by atoms with E-state index >= 15 is 0 Å². The Balaban J connectivity index is 1.79. The van der Waals surface area contributed by atoms with Crippen LogP contribution in [-0.2, 0) is 14.8 Å². The lowest BCUT2D eigenvalue weighted by Crippen LogP contribution is -2.52. The lowest BCUT2D eigenvalue weighted by atomic mass is 10.0. The number of benzene rings is 2. The second kappa shape index (κ2) is 9.52. The number of carbonyl (C=O) groups is 1. The van der Waals surface area contributed by atoms with E-state index in [2.05, 4.69) is 4.90 Å². The van der Waals surface area contributed by atoms with E-state index in [1.54, 1.807) is 30.3 Å². The van der Waals surface area contributed by atoms with Crippen LogP contribution in [0.15, 0.2) is 65.6 Å². The fourth-order valence-electron chi connectivity index (χ4n) is 3.80. The summed E-state index contributed by atoms with van der Waals surface area (Å²) in [6.07, 6.45) is 0. The molecule has 0 saturated carbocycles. The van der Waals surface area contributed by atoms with Crippen LogP contribution >= 0.6 is 0 Å². The summed E-state index contributed by atoms with van der Waals surface area (Å²) in [5.74, 6) is 0.0700. The molecule has 0 N–H and O–H groups in total. The van der Waals surface area contributed by atoms with Gasteiger partial charge in [-0.2, -0.15) is 4.31 Å². The molecule has 6 nitrogen and oxygen atoms in total. The molecule has 0 radical (unpaired) electrons. The third kappa shape index (κ3) is 4.69. The van der Waals surface area contributed by atoms with Crippen LogP contribution in [0.3, 0.4) is 0 Å². The Labute approximate surface area is 173 Å². The number of piperazine rings is 1. The average molecular weight is 416 g/mol. The second-order valence-corrected chi connectivity index (χ2v) is 9.01. The van der Waals surface area contributed by atoms with Crippen molar-refractivity contribution in [3.8, 4) is 0 Å². The maximum Gasteiger partial charge on any atom is 0.244 e. The molecule has 0 unspecified atom stereocenters. The minimum absolute atomic E-state index is 0.0700. The molecule has 0 aromatic heterocycles. The fourth-order valence-corrected chi connectivity index (χ4v) is 5.24. The molecule has 0 spiro atoms. The van der Waals surface area contributed by atoms with Crippen molar-refractivity contribution in [2.75, 3.05) is 39.3 Å². The van der Waals surface area contributed by atoms with Crippen LogP contribution in [0.25, 0.3) is 0 Å². The van der Waals surface area contributed by atoms with Crippen LogP contribution in [0.4, 0.5) is 0 Å². The average Bonchev–Trinajstić information content (AvgIpc) is 2.76. The Morgan fingerprint density at radius 3 is 1.93 bits per heavy atom.